The molecule has 0 aromatic heterocycles. The molecule has 2 amide bonds. The van der Waals surface area contributed by atoms with Crippen LogP contribution in [0.2, 0.25) is 0 Å². The van der Waals surface area contributed by atoms with E-state index in [1.165, 1.54) is 48.4 Å². The topological polar surface area (TPSA) is 86.8 Å². The van der Waals surface area contributed by atoms with Gasteiger partial charge in [0, 0.05) is 19.5 Å². The maximum absolute atomic E-state index is 14.5. The van der Waals surface area contributed by atoms with E-state index < -0.39 is 28.5 Å². The lowest BCUT2D eigenvalue weighted by atomic mass is 9.48. The minimum Gasteiger partial charge on any atom is -0.354 e. The summed E-state index contributed by atoms with van der Waals surface area (Å²) in [4.78, 5) is 29.9. The fourth-order valence-electron chi connectivity index (χ4n) is 9.13. The van der Waals surface area contributed by atoms with Crippen LogP contribution in [-0.2, 0) is 38.0 Å². The molecule has 48 heavy (non-hydrogen) atoms. The molecule has 4 fully saturated rings. The van der Waals surface area contributed by atoms with E-state index in [-0.39, 0.29) is 17.9 Å². The molecule has 7 rings (SSSR count). The second-order valence-electron chi connectivity index (χ2n) is 14.9. The fraction of sp³-hybridized carbons (Fsp3) is 0.500. The number of nitrogens with one attached hydrogen (secondary N) is 1. The molecule has 0 aliphatic heterocycles. The summed E-state index contributed by atoms with van der Waals surface area (Å²) >= 11 is 0. The highest BCUT2D eigenvalue weighted by molar-refractivity contribution is 7.92. The zero-order valence-electron chi connectivity index (χ0n) is 28.7. The summed E-state index contributed by atoms with van der Waals surface area (Å²) in [6, 6.07) is 24.7. The molecule has 0 spiro atoms. The molecule has 4 bridgehead atoms. The van der Waals surface area contributed by atoms with Gasteiger partial charge in [-0.05, 0) is 104 Å². The van der Waals surface area contributed by atoms with Crippen LogP contribution in [0, 0.1) is 24.7 Å². The zero-order chi connectivity index (χ0) is 33.9. The van der Waals surface area contributed by atoms with Crippen molar-refractivity contribution in [1.29, 1.82) is 0 Å². The van der Waals surface area contributed by atoms with Crippen LogP contribution in [0.5, 0.6) is 0 Å². The van der Waals surface area contributed by atoms with Crippen molar-refractivity contribution in [3.63, 3.8) is 0 Å². The van der Waals surface area contributed by atoms with Crippen LogP contribution in [0.3, 0.4) is 0 Å². The van der Waals surface area contributed by atoms with Crippen molar-refractivity contribution < 1.29 is 18.0 Å². The van der Waals surface area contributed by atoms with Crippen LogP contribution in [0.1, 0.15) is 80.5 Å². The molecule has 1 atom stereocenters. The molecule has 0 radical (unpaired) electrons. The van der Waals surface area contributed by atoms with E-state index in [2.05, 4.69) is 24.4 Å². The number of aryl methyl sites for hydroxylation is 1. The number of carbonyl (C=O) groups excluding carboxylic acids is 2. The Morgan fingerprint density at radius 2 is 1.50 bits per heavy atom. The van der Waals surface area contributed by atoms with Crippen molar-refractivity contribution in [3.8, 4) is 0 Å². The third-order valence-electron chi connectivity index (χ3n) is 11.0. The normalized spacial score (nSPS) is 23.4. The van der Waals surface area contributed by atoms with Gasteiger partial charge in [-0.3, -0.25) is 13.9 Å². The van der Waals surface area contributed by atoms with E-state index in [1.54, 1.807) is 4.90 Å². The maximum atomic E-state index is 14.5. The number of sulfonamides is 1. The van der Waals surface area contributed by atoms with Crippen LogP contribution in [0.25, 0.3) is 0 Å². The third kappa shape index (κ3) is 7.80. The molecule has 3 aromatic rings. The van der Waals surface area contributed by atoms with Crippen molar-refractivity contribution in [2.24, 2.45) is 17.8 Å². The number of amides is 2. The fourth-order valence-corrected chi connectivity index (χ4v) is 9.98. The number of carbonyl (C=O) groups is 2. The molecule has 256 valence electrons. The van der Waals surface area contributed by atoms with Crippen LogP contribution in [-0.4, -0.2) is 50.5 Å². The van der Waals surface area contributed by atoms with Crippen molar-refractivity contribution in [1.82, 2.24) is 10.2 Å². The van der Waals surface area contributed by atoms with Gasteiger partial charge in [-0.25, -0.2) is 8.42 Å². The minimum absolute atomic E-state index is 0.182. The van der Waals surface area contributed by atoms with Crippen LogP contribution in [0.15, 0.2) is 78.9 Å². The Bertz CT molecular complexity index is 1650. The van der Waals surface area contributed by atoms with E-state index >= 15 is 0 Å². The summed E-state index contributed by atoms with van der Waals surface area (Å²) in [5.74, 6) is 1.77. The number of rotatable bonds is 14. The summed E-state index contributed by atoms with van der Waals surface area (Å²) in [5, 5.41) is 3.05. The maximum Gasteiger partial charge on any atom is 0.244 e. The second kappa shape index (κ2) is 14.5. The molecule has 0 unspecified atom stereocenters. The van der Waals surface area contributed by atoms with Crippen LogP contribution in [0.4, 0.5) is 5.69 Å². The lowest BCUT2D eigenvalue weighted by molar-refractivity contribution is -0.140. The van der Waals surface area contributed by atoms with Crippen LogP contribution < -0.4 is 9.62 Å². The highest BCUT2D eigenvalue weighted by atomic mass is 32.2. The summed E-state index contributed by atoms with van der Waals surface area (Å²) in [5.41, 5.74) is 4.83. The Labute approximate surface area is 287 Å². The highest BCUT2D eigenvalue weighted by Crippen LogP contribution is 2.60. The van der Waals surface area contributed by atoms with E-state index in [0.717, 1.165) is 53.5 Å². The average molecular weight is 670 g/mol. The number of unbranched alkanes of at least 4 members (excludes halogenated alkanes) is 1. The zero-order valence-corrected chi connectivity index (χ0v) is 29.6. The van der Waals surface area contributed by atoms with E-state index in [1.807, 2.05) is 73.7 Å². The van der Waals surface area contributed by atoms with Crippen molar-refractivity contribution in [2.75, 3.05) is 23.7 Å². The first kappa shape index (κ1) is 34.2. The van der Waals surface area contributed by atoms with Gasteiger partial charge in [0.05, 0.1) is 11.9 Å². The van der Waals surface area contributed by atoms with Crippen LogP contribution >= 0.6 is 0 Å². The van der Waals surface area contributed by atoms with Gasteiger partial charge in [0.2, 0.25) is 21.8 Å². The number of hydrogen-bond donors (Lipinski definition) is 1. The number of benzene rings is 3. The number of anilines is 1. The van der Waals surface area contributed by atoms with Gasteiger partial charge < -0.3 is 10.2 Å². The Morgan fingerprint density at radius 3 is 2.08 bits per heavy atom. The molecule has 4 aliphatic carbocycles. The van der Waals surface area contributed by atoms with Crippen molar-refractivity contribution in [3.05, 3.63) is 101 Å². The first-order valence-electron chi connectivity index (χ1n) is 17.8. The first-order chi connectivity index (χ1) is 23.0. The Kier molecular flexibility index (Phi) is 10.3. The van der Waals surface area contributed by atoms with Crippen molar-refractivity contribution >= 4 is 27.5 Å². The van der Waals surface area contributed by atoms with Crippen molar-refractivity contribution in [2.45, 2.75) is 89.6 Å². The quantitative estimate of drug-likeness (QED) is 0.192. The molecule has 0 heterocycles. The lowest BCUT2D eigenvalue weighted by Crippen LogP contribution is -2.53. The minimum atomic E-state index is -3.82. The number of nitrogens with zero attached hydrogens (tertiary/aromatic N) is 2. The third-order valence-corrected chi connectivity index (χ3v) is 12.2. The second-order valence-corrected chi connectivity index (χ2v) is 16.8. The molecule has 0 saturated heterocycles. The Morgan fingerprint density at radius 1 is 0.875 bits per heavy atom. The molecule has 1 N–H and O–H groups in total. The summed E-state index contributed by atoms with van der Waals surface area (Å²) in [6.07, 6.45) is 11.0. The summed E-state index contributed by atoms with van der Waals surface area (Å²) in [7, 11) is -3.82. The smallest absolute Gasteiger partial charge is 0.244 e. The summed E-state index contributed by atoms with van der Waals surface area (Å²) in [6.45, 7) is 4.36. The Hall–Kier alpha value is -3.65. The van der Waals surface area contributed by atoms with Gasteiger partial charge in [0.25, 0.3) is 0 Å². The van der Waals surface area contributed by atoms with E-state index in [9.17, 15) is 18.0 Å². The number of hydrogen-bond acceptors (Lipinski definition) is 4. The van der Waals surface area contributed by atoms with E-state index in [4.69, 9.17) is 0 Å². The van der Waals surface area contributed by atoms with Gasteiger partial charge in [0.1, 0.15) is 12.6 Å². The SMILES string of the molecule is CCCCNC(=O)[C@@H](Cc1ccccc1)N(Cc1cccc(C)c1)C(=O)CN(c1ccc(C23CC4CC(CC(C4)C2)C3)cc1)S(C)(=O)=O. The standard InChI is InChI=1S/C40H51N3O4S/c1-4-5-18-41-39(45)37(23-30-11-7-6-8-12-30)42(27-31-13-9-10-29(2)19-31)38(44)28-43(48(3,46)47)36-16-14-35(15-17-36)40-24-32-20-33(25-40)22-34(21-32)26-40/h6-17,19,32-34,37H,4-5,18,20-28H2,1-3H3,(H,41,45)/t32?,33?,34?,37-,40?/m1/s1. The largest absolute Gasteiger partial charge is 0.354 e. The van der Waals surface area contributed by atoms with Gasteiger partial charge in [-0.2, -0.15) is 0 Å². The molecule has 8 heteroatoms. The van der Waals surface area contributed by atoms with E-state index in [0.29, 0.717) is 18.7 Å². The van der Waals surface area contributed by atoms with Gasteiger partial charge in [-0.1, -0.05) is 85.6 Å². The first-order valence-corrected chi connectivity index (χ1v) is 19.6. The monoisotopic (exact) mass is 669 g/mol. The molecule has 4 aliphatic rings. The van der Waals surface area contributed by atoms with Gasteiger partial charge in [0.15, 0.2) is 0 Å². The Balaban J connectivity index is 1.30. The average Bonchev–Trinajstić information content (AvgIpc) is 3.04. The molecule has 7 nitrogen and oxygen atoms in total. The molecule has 3 aromatic carbocycles. The molecule has 4 saturated carbocycles. The lowest BCUT2D eigenvalue weighted by Gasteiger charge is -2.57. The predicted molar refractivity (Wildman–Crippen MR) is 192 cm³/mol. The summed E-state index contributed by atoms with van der Waals surface area (Å²) < 4.78 is 27.9. The molecular weight excluding hydrogens is 619 g/mol. The van der Waals surface area contributed by atoms with Gasteiger partial charge in [-0.15, -0.1) is 0 Å². The predicted octanol–water partition coefficient (Wildman–Crippen LogP) is 6.79. The van der Waals surface area contributed by atoms with Gasteiger partial charge >= 0.3 is 0 Å². The molecular formula is C40H51N3O4S. The highest BCUT2D eigenvalue weighted by Gasteiger charge is 2.51.